The topological polar surface area (TPSA) is 60.2 Å². The van der Waals surface area contributed by atoms with Crippen LogP contribution >= 0.6 is 11.6 Å². The molecule has 0 spiro atoms. The standard InChI is InChI=1S/C13H14ClN3O/c14-10-4-5-13(16-9-10)17-11-2-1-3-12(8-11)18-7-6-15/h1-5,8-9H,6-7,15H2,(H,16,17). The van der Waals surface area contributed by atoms with Gasteiger partial charge in [0.05, 0.1) is 5.02 Å². The maximum Gasteiger partial charge on any atom is 0.130 e. The molecule has 0 saturated carbocycles. The van der Waals surface area contributed by atoms with Crippen LogP contribution in [0, 0.1) is 0 Å². The summed E-state index contributed by atoms with van der Waals surface area (Å²) < 4.78 is 5.45. The van der Waals surface area contributed by atoms with Gasteiger partial charge in [0, 0.05) is 24.5 Å². The lowest BCUT2D eigenvalue weighted by atomic mass is 10.3. The highest BCUT2D eigenvalue weighted by Crippen LogP contribution is 2.21. The van der Waals surface area contributed by atoms with Crippen molar-refractivity contribution in [3.8, 4) is 5.75 Å². The fourth-order valence-corrected chi connectivity index (χ4v) is 1.55. The van der Waals surface area contributed by atoms with Crippen LogP contribution in [0.15, 0.2) is 42.6 Å². The summed E-state index contributed by atoms with van der Waals surface area (Å²) in [7, 11) is 0. The van der Waals surface area contributed by atoms with Gasteiger partial charge in [0.15, 0.2) is 0 Å². The molecule has 0 radical (unpaired) electrons. The van der Waals surface area contributed by atoms with Crippen LogP contribution in [0.3, 0.4) is 0 Å². The molecular formula is C13H14ClN3O. The lowest BCUT2D eigenvalue weighted by Gasteiger charge is -2.08. The summed E-state index contributed by atoms with van der Waals surface area (Å²) in [6.45, 7) is 0.999. The van der Waals surface area contributed by atoms with Crippen molar-refractivity contribution in [1.29, 1.82) is 0 Å². The smallest absolute Gasteiger partial charge is 0.130 e. The molecule has 0 aliphatic heterocycles. The van der Waals surface area contributed by atoms with Crippen molar-refractivity contribution in [2.75, 3.05) is 18.5 Å². The molecule has 18 heavy (non-hydrogen) atoms. The monoisotopic (exact) mass is 263 g/mol. The second kappa shape index (κ2) is 6.23. The molecule has 0 unspecified atom stereocenters. The summed E-state index contributed by atoms with van der Waals surface area (Å²) in [6.07, 6.45) is 1.60. The zero-order chi connectivity index (χ0) is 12.8. The zero-order valence-electron chi connectivity index (χ0n) is 9.77. The molecule has 0 amide bonds. The third kappa shape index (κ3) is 3.61. The highest BCUT2D eigenvalue weighted by atomic mass is 35.5. The highest BCUT2D eigenvalue weighted by molar-refractivity contribution is 6.30. The number of halogens is 1. The molecule has 0 aliphatic rings. The molecule has 94 valence electrons. The first-order chi connectivity index (χ1) is 8.78. The minimum atomic E-state index is 0.496. The van der Waals surface area contributed by atoms with Gasteiger partial charge in [-0.3, -0.25) is 0 Å². The summed E-state index contributed by atoms with van der Waals surface area (Å²) in [5.74, 6) is 1.51. The van der Waals surface area contributed by atoms with E-state index in [1.807, 2.05) is 30.3 Å². The molecule has 0 atom stereocenters. The number of aromatic nitrogens is 1. The SMILES string of the molecule is NCCOc1cccc(Nc2ccc(Cl)cn2)c1. The van der Waals surface area contributed by atoms with Gasteiger partial charge in [0.25, 0.3) is 0 Å². The van der Waals surface area contributed by atoms with Crippen molar-refractivity contribution in [3.05, 3.63) is 47.6 Å². The molecule has 0 saturated heterocycles. The van der Waals surface area contributed by atoms with Crippen LogP contribution in [0.4, 0.5) is 11.5 Å². The number of nitrogens with two attached hydrogens (primary N) is 1. The zero-order valence-corrected chi connectivity index (χ0v) is 10.5. The summed E-state index contributed by atoms with van der Waals surface area (Å²) in [6, 6.07) is 11.2. The summed E-state index contributed by atoms with van der Waals surface area (Å²) in [4.78, 5) is 4.16. The van der Waals surface area contributed by atoms with Crippen molar-refractivity contribution >= 4 is 23.1 Å². The van der Waals surface area contributed by atoms with E-state index in [-0.39, 0.29) is 0 Å². The van der Waals surface area contributed by atoms with Crippen LogP contribution in [0.2, 0.25) is 5.02 Å². The molecule has 3 N–H and O–H groups in total. The first kappa shape index (κ1) is 12.7. The van der Waals surface area contributed by atoms with E-state index in [0.717, 1.165) is 17.3 Å². The third-order valence-corrected chi connectivity index (χ3v) is 2.44. The minimum Gasteiger partial charge on any atom is -0.492 e. The average molecular weight is 264 g/mol. The Labute approximate surface area is 111 Å². The maximum atomic E-state index is 5.77. The number of hydrogen-bond acceptors (Lipinski definition) is 4. The predicted molar refractivity (Wildman–Crippen MR) is 73.5 cm³/mol. The summed E-state index contributed by atoms with van der Waals surface area (Å²) >= 11 is 5.77. The van der Waals surface area contributed by atoms with Gasteiger partial charge < -0.3 is 15.8 Å². The molecule has 2 aromatic rings. The van der Waals surface area contributed by atoms with Gasteiger partial charge in [0.2, 0.25) is 0 Å². The van der Waals surface area contributed by atoms with Gasteiger partial charge in [-0.1, -0.05) is 17.7 Å². The number of hydrogen-bond donors (Lipinski definition) is 2. The van der Waals surface area contributed by atoms with E-state index in [9.17, 15) is 0 Å². The van der Waals surface area contributed by atoms with Crippen molar-refractivity contribution in [2.45, 2.75) is 0 Å². The predicted octanol–water partition coefficient (Wildman–Crippen LogP) is 2.82. The summed E-state index contributed by atoms with van der Waals surface area (Å²) in [5, 5.41) is 3.78. The average Bonchev–Trinajstić information content (AvgIpc) is 2.40. The number of rotatable bonds is 5. The fourth-order valence-electron chi connectivity index (χ4n) is 1.44. The second-order valence-corrected chi connectivity index (χ2v) is 4.09. The highest BCUT2D eigenvalue weighted by Gasteiger charge is 1.98. The van der Waals surface area contributed by atoms with Crippen molar-refractivity contribution in [2.24, 2.45) is 5.73 Å². The molecule has 1 heterocycles. The lowest BCUT2D eigenvalue weighted by molar-refractivity contribution is 0.328. The van der Waals surface area contributed by atoms with Crippen LogP contribution in [-0.4, -0.2) is 18.1 Å². The van der Waals surface area contributed by atoms with Crippen LogP contribution < -0.4 is 15.8 Å². The van der Waals surface area contributed by atoms with Gasteiger partial charge in [0.1, 0.15) is 18.2 Å². The van der Waals surface area contributed by atoms with E-state index in [0.29, 0.717) is 18.2 Å². The molecule has 0 bridgehead atoms. The van der Waals surface area contributed by atoms with Crippen LogP contribution in [-0.2, 0) is 0 Å². The fraction of sp³-hybridized carbons (Fsp3) is 0.154. The number of benzene rings is 1. The van der Waals surface area contributed by atoms with E-state index in [4.69, 9.17) is 22.1 Å². The number of ether oxygens (including phenoxy) is 1. The molecule has 1 aromatic heterocycles. The molecule has 4 nitrogen and oxygen atoms in total. The minimum absolute atomic E-state index is 0.496. The molecule has 2 rings (SSSR count). The van der Waals surface area contributed by atoms with Crippen molar-refractivity contribution in [1.82, 2.24) is 4.98 Å². The van der Waals surface area contributed by atoms with E-state index in [1.165, 1.54) is 0 Å². The van der Waals surface area contributed by atoms with Gasteiger partial charge in [-0.15, -0.1) is 0 Å². The van der Waals surface area contributed by atoms with Crippen molar-refractivity contribution < 1.29 is 4.74 Å². The van der Waals surface area contributed by atoms with Crippen molar-refractivity contribution in [3.63, 3.8) is 0 Å². The molecule has 1 aromatic carbocycles. The number of anilines is 2. The van der Waals surface area contributed by atoms with E-state index < -0.39 is 0 Å². The van der Waals surface area contributed by atoms with Crippen LogP contribution in [0.1, 0.15) is 0 Å². The Bertz CT molecular complexity index is 502. The summed E-state index contributed by atoms with van der Waals surface area (Å²) in [5.41, 5.74) is 6.29. The lowest BCUT2D eigenvalue weighted by Crippen LogP contribution is -2.10. The van der Waals surface area contributed by atoms with Gasteiger partial charge in [-0.2, -0.15) is 0 Å². The third-order valence-electron chi connectivity index (χ3n) is 2.22. The normalized spacial score (nSPS) is 10.1. The largest absolute Gasteiger partial charge is 0.492 e. The van der Waals surface area contributed by atoms with Gasteiger partial charge >= 0.3 is 0 Å². The Kier molecular flexibility index (Phi) is 4.39. The first-order valence-corrected chi connectivity index (χ1v) is 5.97. The second-order valence-electron chi connectivity index (χ2n) is 3.65. The van der Waals surface area contributed by atoms with Gasteiger partial charge in [-0.25, -0.2) is 4.98 Å². The molecule has 5 heteroatoms. The van der Waals surface area contributed by atoms with E-state index in [2.05, 4.69) is 10.3 Å². The van der Waals surface area contributed by atoms with E-state index in [1.54, 1.807) is 12.3 Å². The number of nitrogens with one attached hydrogen (secondary N) is 1. The Balaban J connectivity index is 2.06. The Hall–Kier alpha value is -1.78. The van der Waals surface area contributed by atoms with Gasteiger partial charge in [-0.05, 0) is 24.3 Å². The molecular weight excluding hydrogens is 250 g/mol. The van der Waals surface area contributed by atoms with Crippen LogP contribution in [0.25, 0.3) is 0 Å². The number of pyridine rings is 1. The molecule has 0 aliphatic carbocycles. The maximum absolute atomic E-state index is 5.77. The number of nitrogens with zero attached hydrogens (tertiary/aromatic N) is 1. The first-order valence-electron chi connectivity index (χ1n) is 5.59. The van der Waals surface area contributed by atoms with E-state index >= 15 is 0 Å². The molecule has 0 fully saturated rings. The Morgan fingerprint density at radius 3 is 2.89 bits per heavy atom. The Morgan fingerprint density at radius 1 is 1.28 bits per heavy atom. The van der Waals surface area contributed by atoms with Crippen LogP contribution in [0.5, 0.6) is 5.75 Å². The Morgan fingerprint density at radius 2 is 2.17 bits per heavy atom. The quantitative estimate of drug-likeness (QED) is 0.871.